The summed E-state index contributed by atoms with van der Waals surface area (Å²) >= 11 is 0. The molecule has 0 amide bonds. The van der Waals surface area contributed by atoms with E-state index in [9.17, 15) is 0 Å². The van der Waals surface area contributed by atoms with E-state index in [-0.39, 0.29) is 0 Å². The predicted molar refractivity (Wildman–Crippen MR) is 102 cm³/mol. The zero-order valence-electron chi connectivity index (χ0n) is 13.9. The van der Waals surface area contributed by atoms with Crippen molar-refractivity contribution >= 4 is 28.5 Å². The van der Waals surface area contributed by atoms with E-state index < -0.39 is 0 Å². The lowest BCUT2D eigenvalue weighted by Gasteiger charge is -2.29. The van der Waals surface area contributed by atoms with E-state index in [2.05, 4.69) is 69.6 Å². The van der Waals surface area contributed by atoms with Crippen molar-refractivity contribution in [3.8, 4) is 0 Å². The van der Waals surface area contributed by atoms with Crippen molar-refractivity contribution in [1.82, 2.24) is 10.3 Å². The summed E-state index contributed by atoms with van der Waals surface area (Å²) in [6.45, 7) is 6.34. The third kappa shape index (κ3) is 2.93. The number of aromatic amines is 1. The van der Waals surface area contributed by atoms with Gasteiger partial charge in [-0.1, -0.05) is 18.2 Å². The van der Waals surface area contributed by atoms with Gasteiger partial charge in [0.2, 0.25) is 0 Å². The van der Waals surface area contributed by atoms with Gasteiger partial charge >= 0.3 is 0 Å². The third-order valence-corrected chi connectivity index (χ3v) is 4.62. The fraction of sp³-hybridized carbons (Fsp3) is 0.250. The molecule has 1 aliphatic rings. The molecule has 4 nitrogen and oxygen atoms in total. The minimum absolute atomic E-state index is 0.985. The van der Waals surface area contributed by atoms with Gasteiger partial charge in [0.05, 0.1) is 5.69 Å². The number of H-pyrrole nitrogens is 1. The van der Waals surface area contributed by atoms with Crippen LogP contribution in [0.25, 0.3) is 10.9 Å². The quantitative estimate of drug-likeness (QED) is 0.724. The molecule has 24 heavy (non-hydrogen) atoms. The van der Waals surface area contributed by atoms with Crippen LogP contribution >= 0.6 is 0 Å². The first kappa shape index (κ1) is 15.0. The number of benzene rings is 2. The van der Waals surface area contributed by atoms with Gasteiger partial charge in [0.25, 0.3) is 0 Å². The second kappa shape index (κ2) is 6.49. The molecule has 2 heterocycles. The van der Waals surface area contributed by atoms with E-state index in [0.717, 1.165) is 48.6 Å². The van der Waals surface area contributed by atoms with Crippen LogP contribution in [-0.4, -0.2) is 37.4 Å². The molecule has 0 saturated carbocycles. The van der Waals surface area contributed by atoms with E-state index in [1.165, 1.54) is 11.1 Å². The number of aliphatic imine (C=N–C) groups is 1. The first-order valence-electron chi connectivity index (χ1n) is 8.48. The first-order valence-corrected chi connectivity index (χ1v) is 8.48. The number of hydrogen-bond acceptors (Lipinski definition) is 3. The van der Waals surface area contributed by atoms with Crippen molar-refractivity contribution in [3.63, 3.8) is 0 Å². The molecule has 122 valence electrons. The molecule has 0 atom stereocenters. The number of nitrogens with zero attached hydrogens (tertiary/aromatic N) is 2. The molecule has 0 unspecified atom stereocenters. The van der Waals surface area contributed by atoms with Gasteiger partial charge < -0.3 is 15.2 Å². The molecule has 2 aromatic carbocycles. The number of nitrogens with one attached hydrogen (secondary N) is 2. The highest BCUT2D eigenvalue weighted by atomic mass is 15.2. The summed E-state index contributed by atoms with van der Waals surface area (Å²) in [7, 11) is 0. The molecule has 0 spiro atoms. The van der Waals surface area contributed by atoms with E-state index >= 15 is 0 Å². The van der Waals surface area contributed by atoms with Crippen molar-refractivity contribution in [2.45, 2.75) is 6.92 Å². The second-order valence-electron chi connectivity index (χ2n) is 6.22. The van der Waals surface area contributed by atoms with Crippen LogP contribution in [-0.2, 0) is 0 Å². The van der Waals surface area contributed by atoms with E-state index in [0.29, 0.717) is 0 Å². The average molecular weight is 318 g/mol. The molecule has 1 fully saturated rings. The zero-order chi connectivity index (χ0) is 16.4. The van der Waals surface area contributed by atoms with Gasteiger partial charge in [-0.3, -0.25) is 4.99 Å². The van der Waals surface area contributed by atoms with Crippen LogP contribution in [0.5, 0.6) is 0 Å². The van der Waals surface area contributed by atoms with Gasteiger partial charge in [-0.2, -0.15) is 0 Å². The van der Waals surface area contributed by atoms with Gasteiger partial charge in [0, 0.05) is 60.2 Å². The maximum Gasteiger partial charge on any atom is 0.0631 e. The highest BCUT2D eigenvalue weighted by Crippen LogP contribution is 2.23. The number of aryl methyl sites for hydroxylation is 1. The molecule has 2 N–H and O–H groups in total. The van der Waals surface area contributed by atoms with E-state index in [4.69, 9.17) is 0 Å². The molecule has 0 radical (unpaired) electrons. The average Bonchev–Trinajstić information content (AvgIpc) is 2.96. The minimum atomic E-state index is 0.985. The van der Waals surface area contributed by atoms with Crippen molar-refractivity contribution < 1.29 is 0 Å². The Bertz CT molecular complexity index is 855. The number of fused-ring (bicyclic) bond motifs is 1. The Hall–Kier alpha value is -2.59. The van der Waals surface area contributed by atoms with Crippen LogP contribution < -0.4 is 10.2 Å². The van der Waals surface area contributed by atoms with Gasteiger partial charge in [-0.15, -0.1) is 0 Å². The van der Waals surface area contributed by atoms with Gasteiger partial charge in [0.1, 0.15) is 0 Å². The molecule has 4 rings (SSSR count). The largest absolute Gasteiger partial charge is 0.369 e. The standard InChI is InChI=1S/C20H22N4/c1-15-19(18-4-2-3-5-20(18)23-15)14-22-16-6-8-17(9-7-16)24-12-10-21-11-13-24/h2-9,14,21,23H,10-13H2,1H3. The summed E-state index contributed by atoms with van der Waals surface area (Å²) in [6.07, 6.45) is 1.97. The molecular weight excluding hydrogens is 296 g/mol. The Kier molecular flexibility index (Phi) is 4.05. The Morgan fingerprint density at radius 2 is 1.75 bits per heavy atom. The number of rotatable bonds is 3. The number of anilines is 1. The Labute approximate surface area is 142 Å². The van der Waals surface area contributed by atoms with E-state index in [1.54, 1.807) is 0 Å². The number of para-hydroxylation sites is 1. The number of piperazine rings is 1. The van der Waals surface area contributed by atoms with Gasteiger partial charge in [-0.25, -0.2) is 0 Å². The zero-order valence-corrected chi connectivity index (χ0v) is 13.9. The van der Waals surface area contributed by atoms with Crippen LogP contribution in [0.4, 0.5) is 11.4 Å². The van der Waals surface area contributed by atoms with E-state index in [1.807, 2.05) is 12.3 Å². The molecule has 3 aromatic rings. The summed E-state index contributed by atoms with van der Waals surface area (Å²) in [6, 6.07) is 16.9. The van der Waals surface area contributed by atoms with Gasteiger partial charge in [-0.05, 0) is 37.3 Å². The molecule has 1 saturated heterocycles. The van der Waals surface area contributed by atoms with Crippen molar-refractivity contribution in [2.75, 3.05) is 31.1 Å². The summed E-state index contributed by atoms with van der Waals surface area (Å²) in [5.41, 5.74) is 5.73. The Balaban J connectivity index is 1.56. The maximum atomic E-state index is 4.67. The Morgan fingerprint density at radius 3 is 2.54 bits per heavy atom. The van der Waals surface area contributed by atoms with Crippen LogP contribution in [0, 0.1) is 6.92 Å². The molecule has 1 aliphatic heterocycles. The third-order valence-electron chi connectivity index (χ3n) is 4.62. The lowest BCUT2D eigenvalue weighted by atomic mass is 10.1. The fourth-order valence-electron chi connectivity index (χ4n) is 3.28. The monoisotopic (exact) mass is 318 g/mol. The molecular formula is C20H22N4. The maximum absolute atomic E-state index is 4.67. The Morgan fingerprint density at radius 1 is 1.00 bits per heavy atom. The fourth-order valence-corrected chi connectivity index (χ4v) is 3.28. The topological polar surface area (TPSA) is 43.4 Å². The van der Waals surface area contributed by atoms with Crippen molar-refractivity contribution in [1.29, 1.82) is 0 Å². The first-order chi connectivity index (χ1) is 11.8. The van der Waals surface area contributed by atoms with Crippen LogP contribution in [0.15, 0.2) is 53.5 Å². The lowest BCUT2D eigenvalue weighted by molar-refractivity contribution is 0.589. The summed E-state index contributed by atoms with van der Waals surface area (Å²) in [5.74, 6) is 0. The summed E-state index contributed by atoms with van der Waals surface area (Å²) < 4.78 is 0. The smallest absolute Gasteiger partial charge is 0.0631 e. The lowest BCUT2D eigenvalue weighted by Crippen LogP contribution is -2.43. The number of hydrogen-bond donors (Lipinski definition) is 2. The molecule has 0 aliphatic carbocycles. The summed E-state index contributed by atoms with van der Waals surface area (Å²) in [4.78, 5) is 10.5. The molecule has 4 heteroatoms. The minimum Gasteiger partial charge on any atom is -0.369 e. The highest BCUT2D eigenvalue weighted by Gasteiger charge is 2.10. The summed E-state index contributed by atoms with van der Waals surface area (Å²) in [5, 5.41) is 4.60. The van der Waals surface area contributed by atoms with Crippen molar-refractivity contribution in [2.24, 2.45) is 4.99 Å². The predicted octanol–water partition coefficient (Wildman–Crippen LogP) is 3.64. The molecule has 1 aromatic heterocycles. The second-order valence-corrected chi connectivity index (χ2v) is 6.22. The highest BCUT2D eigenvalue weighted by molar-refractivity contribution is 6.01. The normalized spacial score (nSPS) is 15.5. The van der Waals surface area contributed by atoms with Crippen LogP contribution in [0.1, 0.15) is 11.3 Å². The van der Waals surface area contributed by atoms with Crippen LogP contribution in [0.3, 0.4) is 0 Å². The van der Waals surface area contributed by atoms with Gasteiger partial charge in [0.15, 0.2) is 0 Å². The van der Waals surface area contributed by atoms with Crippen LogP contribution in [0.2, 0.25) is 0 Å². The van der Waals surface area contributed by atoms with Crippen molar-refractivity contribution in [3.05, 3.63) is 59.8 Å². The molecule has 0 bridgehead atoms. The SMILES string of the molecule is Cc1[nH]c2ccccc2c1C=Nc1ccc(N2CCNCC2)cc1. The number of aromatic nitrogens is 1.